The molecule has 0 unspecified atom stereocenters. The zero-order valence-corrected chi connectivity index (χ0v) is 5.91. The molecule has 0 heterocycles. The average molecular weight is 132 g/mol. The van der Waals surface area contributed by atoms with Crippen LogP contribution in [0.2, 0.25) is 0 Å². The number of rotatable bonds is 1. The van der Waals surface area contributed by atoms with Gasteiger partial charge in [0.15, 0.2) is 0 Å². The lowest BCUT2D eigenvalue weighted by Crippen LogP contribution is -2.00. The summed E-state index contributed by atoms with van der Waals surface area (Å²) in [5.41, 5.74) is 2.28. The minimum absolute atomic E-state index is 1.04. The lowest BCUT2D eigenvalue weighted by atomic mass is 9.96. The highest BCUT2D eigenvalue weighted by Crippen LogP contribution is 1.90. The third kappa shape index (κ3) is 1.62. The highest BCUT2D eigenvalue weighted by molar-refractivity contribution is 6.32. The van der Waals surface area contributed by atoms with Crippen molar-refractivity contribution in [3.63, 3.8) is 0 Å². The smallest absolute Gasteiger partial charge is 0.139 e. The van der Waals surface area contributed by atoms with Crippen molar-refractivity contribution < 1.29 is 0 Å². The van der Waals surface area contributed by atoms with E-state index in [2.05, 4.69) is 5.10 Å². The van der Waals surface area contributed by atoms with Gasteiger partial charge in [-0.1, -0.05) is 29.7 Å². The minimum atomic E-state index is 1.04. The fourth-order valence-corrected chi connectivity index (χ4v) is 0.739. The standard InChI is InChI=1S/C7H9BN2/c8-7-3-1-6(2-4-7)5-10-9/h1-5H,8-9H2/b10-5+. The van der Waals surface area contributed by atoms with Gasteiger partial charge in [-0.2, -0.15) is 5.10 Å². The summed E-state index contributed by atoms with van der Waals surface area (Å²) in [6.07, 6.45) is 1.62. The van der Waals surface area contributed by atoms with Gasteiger partial charge in [0.2, 0.25) is 0 Å². The van der Waals surface area contributed by atoms with Crippen molar-refractivity contribution in [2.75, 3.05) is 0 Å². The summed E-state index contributed by atoms with van der Waals surface area (Å²) in [5, 5.41) is 3.41. The molecular weight excluding hydrogens is 123 g/mol. The van der Waals surface area contributed by atoms with Gasteiger partial charge in [-0.15, -0.1) is 0 Å². The second kappa shape index (κ2) is 3.06. The maximum Gasteiger partial charge on any atom is 0.139 e. The number of benzene rings is 1. The summed E-state index contributed by atoms with van der Waals surface area (Å²) in [4.78, 5) is 0. The number of hydrazone groups is 1. The quantitative estimate of drug-likeness (QED) is 0.232. The maximum atomic E-state index is 4.97. The van der Waals surface area contributed by atoms with Crippen LogP contribution in [0.1, 0.15) is 5.56 Å². The largest absolute Gasteiger partial charge is 0.323 e. The van der Waals surface area contributed by atoms with Crippen LogP contribution < -0.4 is 11.3 Å². The van der Waals surface area contributed by atoms with E-state index in [-0.39, 0.29) is 0 Å². The Kier molecular flexibility index (Phi) is 2.10. The number of hydrogen-bond donors (Lipinski definition) is 1. The third-order valence-corrected chi connectivity index (χ3v) is 1.30. The molecule has 1 rings (SSSR count). The van der Waals surface area contributed by atoms with E-state index >= 15 is 0 Å². The lowest BCUT2D eigenvalue weighted by Gasteiger charge is -1.91. The Morgan fingerprint density at radius 3 is 2.40 bits per heavy atom. The van der Waals surface area contributed by atoms with Crippen LogP contribution in [0.3, 0.4) is 0 Å². The van der Waals surface area contributed by atoms with Crippen molar-refractivity contribution in [3.05, 3.63) is 29.8 Å². The molecule has 2 nitrogen and oxygen atoms in total. The molecule has 0 aliphatic rings. The Bertz CT molecular complexity index is 228. The van der Waals surface area contributed by atoms with E-state index in [0.29, 0.717) is 0 Å². The molecule has 0 aromatic heterocycles. The molecule has 0 atom stereocenters. The van der Waals surface area contributed by atoms with E-state index in [9.17, 15) is 0 Å². The van der Waals surface area contributed by atoms with Crippen molar-refractivity contribution in [1.29, 1.82) is 0 Å². The van der Waals surface area contributed by atoms with Gasteiger partial charge in [0.1, 0.15) is 7.85 Å². The molecule has 1 aromatic rings. The number of hydrogen-bond acceptors (Lipinski definition) is 2. The van der Waals surface area contributed by atoms with Gasteiger partial charge in [0.25, 0.3) is 0 Å². The first kappa shape index (κ1) is 6.87. The van der Waals surface area contributed by atoms with E-state index in [1.165, 1.54) is 5.46 Å². The van der Waals surface area contributed by atoms with Gasteiger partial charge in [0, 0.05) is 0 Å². The van der Waals surface area contributed by atoms with Crippen LogP contribution in [0.25, 0.3) is 0 Å². The number of nitrogens with zero attached hydrogens (tertiary/aromatic N) is 1. The molecule has 0 bridgehead atoms. The van der Waals surface area contributed by atoms with Crippen LogP contribution >= 0.6 is 0 Å². The fraction of sp³-hybridized carbons (Fsp3) is 0. The molecule has 0 amide bonds. The Hall–Kier alpha value is -1.25. The van der Waals surface area contributed by atoms with Crippen molar-refractivity contribution in [3.8, 4) is 0 Å². The predicted molar refractivity (Wildman–Crippen MR) is 46.4 cm³/mol. The molecule has 0 saturated carbocycles. The fourth-order valence-electron chi connectivity index (χ4n) is 0.739. The highest BCUT2D eigenvalue weighted by atomic mass is 15.1. The molecule has 3 heteroatoms. The van der Waals surface area contributed by atoms with Crippen molar-refractivity contribution in [2.45, 2.75) is 0 Å². The minimum Gasteiger partial charge on any atom is -0.323 e. The molecule has 0 radical (unpaired) electrons. The van der Waals surface area contributed by atoms with Crippen LogP contribution in [-0.4, -0.2) is 14.1 Å². The first-order valence-corrected chi connectivity index (χ1v) is 3.13. The number of nitrogens with two attached hydrogens (primary N) is 1. The van der Waals surface area contributed by atoms with Gasteiger partial charge >= 0.3 is 0 Å². The van der Waals surface area contributed by atoms with Crippen LogP contribution in [0.5, 0.6) is 0 Å². The zero-order chi connectivity index (χ0) is 7.40. The Balaban J connectivity index is 2.89. The summed E-state index contributed by atoms with van der Waals surface area (Å²) in [7, 11) is 2.05. The average Bonchev–Trinajstić information content (AvgIpc) is 1.95. The molecular formula is C7H9BN2. The first-order valence-electron chi connectivity index (χ1n) is 3.13. The lowest BCUT2D eigenvalue weighted by molar-refractivity contribution is 1.26. The van der Waals surface area contributed by atoms with E-state index in [4.69, 9.17) is 5.84 Å². The predicted octanol–water partition coefficient (Wildman–Crippen LogP) is -0.762. The van der Waals surface area contributed by atoms with Crippen LogP contribution in [0, 0.1) is 0 Å². The molecule has 2 N–H and O–H groups in total. The maximum absolute atomic E-state index is 4.97. The van der Waals surface area contributed by atoms with Crippen LogP contribution in [0.15, 0.2) is 29.4 Å². The van der Waals surface area contributed by atoms with Crippen molar-refractivity contribution >= 4 is 19.5 Å². The third-order valence-electron chi connectivity index (χ3n) is 1.30. The normalized spacial score (nSPS) is 10.4. The van der Waals surface area contributed by atoms with Gasteiger partial charge in [-0.25, -0.2) is 0 Å². The first-order chi connectivity index (χ1) is 4.83. The molecule has 1 aromatic carbocycles. The SMILES string of the molecule is Bc1ccc(/C=N/N)cc1. The second-order valence-electron chi connectivity index (χ2n) is 2.19. The highest BCUT2D eigenvalue weighted by Gasteiger charge is 1.84. The molecule has 50 valence electrons. The summed E-state index contributed by atoms with van der Waals surface area (Å²) in [6.45, 7) is 0. The monoisotopic (exact) mass is 132 g/mol. The summed E-state index contributed by atoms with van der Waals surface area (Å²) >= 11 is 0. The Morgan fingerprint density at radius 1 is 1.30 bits per heavy atom. The van der Waals surface area contributed by atoms with E-state index < -0.39 is 0 Å². The molecule has 10 heavy (non-hydrogen) atoms. The van der Waals surface area contributed by atoms with Crippen LogP contribution in [-0.2, 0) is 0 Å². The zero-order valence-electron chi connectivity index (χ0n) is 5.91. The Morgan fingerprint density at radius 2 is 1.90 bits per heavy atom. The topological polar surface area (TPSA) is 38.4 Å². The van der Waals surface area contributed by atoms with Crippen LogP contribution in [0.4, 0.5) is 0 Å². The van der Waals surface area contributed by atoms with Crippen molar-refractivity contribution in [1.82, 2.24) is 0 Å². The van der Waals surface area contributed by atoms with E-state index in [0.717, 1.165) is 5.56 Å². The van der Waals surface area contributed by atoms with Gasteiger partial charge in [-0.3, -0.25) is 0 Å². The molecule has 0 saturated heterocycles. The van der Waals surface area contributed by atoms with Gasteiger partial charge < -0.3 is 5.84 Å². The van der Waals surface area contributed by atoms with Gasteiger partial charge in [0.05, 0.1) is 6.21 Å². The second-order valence-corrected chi connectivity index (χ2v) is 2.19. The van der Waals surface area contributed by atoms with E-state index in [1.807, 2.05) is 32.1 Å². The molecule has 0 spiro atoms. The van der Waals surface area contributed by atoms with Gasteiger partial charge in [-0.05, 0) is 5.56 Å². The summed E-state index contributed by atoms with van der Waals surface area (Å²) < 4.78 is 0. The Labute approximate surface area is 61.2 Å². The molecule has 0 aliphatic carbocycles. The van der Waals surface area contributed by atoms with E-state index in [1.54, 1.807) is 6.21 Å². The summed E-state index contributed by atoms with van der Waals surface area (Å²) in [5.74, 6) is 4.97. The molecule has 0 aliphatic heterocycles. The summed E-state index contributed by atoms with van der Waals surface area (Å²) in [6, 6.07) is 8.01. The molecule has 0 fully saturated rings. The van der Waals surface area contributed by atoms with Crippen molar-refractivity contribution in [2.24, 2.45) is 10.9 Å².